The fourth-order valence-electron chi connectivity index (χ4n) is 3.24. The number of carbonyl (C=O) groups is 2. The van der Waals surface area contributed by atoms with Gasteiger partial charge in [0.1, 0.15) is 0 Å². The van der Waals surface area contributed by atoms with Crippen molar-refractivity contribution < 1.29 is 9.59 Å². The molecular formula is C20H31NO2. The molecule has 1 fully saturated rings. The van der Waals surface area contributed by atoms with Gasteiger partial charge >= 0.3 is 0 Å². The number of benzene rings is 1. The van der Waals surface area contributed by atoms with E-state index < -0.39 is 0 Å². The summed E-state index contributed by atoms with van der Waals surface area (Å²) in [5.41, 5.74) is 0.191. The Morgan fingerprint density at radius 2 is 1.09 bits per heavy atom. The highest BCUT2D eigenvalue weighted by Gasteiger charge is 2.56. The van der Waals surface area contributed by atoms with E-state index in [1.165, 1.54) is 4.90 Å². The van der Waals surface area contributed by atoms with Crippen molar-refractivity contribution in [3.63, 3.8) is 0 Å². The lowest BCUT2D eigenvalue weighted by molar-refractivity contribution is -0.127. The van der Waals surface area contributed by atoms with E-state index in [0.717, 1.165) is 0 Å². The summed E-state index contributed by atoms with van der Waals surface area (Å²) in [4.78, 5) is 27.2. The maximum absolute atomic E-state index is 12.9. The van der Waals surface area contributed by atoms with Gasteiger partial charge < -0.3 is 0 Å². The number of imide groups is 1. The number of nitrogens with zero attached hydrogens (tertiary/aromatic N) is 1. The van der Waals surface area contributed by atoms with E-state index >= 15 is 0 Å². The molecule has 0 spiro atoms. The molecule has 1 aromatic rings. The highest BCUT2D eigenvalue weighted by atomic mass is 16.2. The second kappa shape index (κ2) is 6.86. The Kier molecular flexibility index (Phi) is 5.79. The lowest BCUT2D eigenvalue weighted by atomic mass is 9.65. The number of hydrogen-bond acceptors (Lipinski definition) is 2. The van der Waals surface area contributed by atoms with Gasteiger partial charge in [-0.3, -0.25) is 14.5 Å². The molecule has 0 bridgehead atoms. The lowest BCUT2D eigenvalue weighted by Gasteiger charge is -2.35. The molecule has 3 heteroatoms. The van der Waals surface area contributed by atoms with E-state index in [-0.39, 0.29) is 34.5 Å². The van der Waals surface area contributed by atoms with E-state index in [1.54, 1.807) is 0 Å². The van der Waals surface area contributed by atoms with Crippen molar-refractivity contribution in [2.75, 3.05) is 4.90 Å². The molecular weight excluding hydrogens is 286 g/mol. The van der Waals surface area contributed by atoms with Gasteiger partial charge in [0.2, 0.25) is 11.8 Å². The van der Waals surface area contributed by atoms with E-state index in [1.807, 2.05) is 85.7 Å². The molecule has 3 nitrogen and oxygen atoms in total. The Morgan fingerprint density at radius 1 is 0.739 bits per heavy atom. The smallest absolute Gasteiger partial charge is 0.238 e. The minimum absolute atomic E-state index is 0.0707. The molecule has 0 aromatic heterocycles. The average Bonchev–Trinajstić information content (AvgIpc) is 2.73. The Balaban J connectivity index is 0.00000127. The quantitative estimate of drug-likeness (QED) is 0.690. The van der Waals surface area contributed by atoms with Gasteiger partial charge in [-0.15, -0.1) is 0 Å². The predicted molar refractivity (Wildman–Crippen MR) is 96.2 cm³/mol. The Bertz CT molecular complexity index is 517. The van der Waals surface area contributed by atoms with Crippen LogP contribution < -0.4 is 4.90 Å². The molecule has 1 aliphatic heterocycles. The van der Waals surface area contributed by atoms with Crippen molar-refractivity contribution in [3.8, 4) is 0 Å². The van der Waals surface area contributed by atoms with Crippen LogP contribution in [-0.2, 0) is 9.59 Å². The minimum Gasteiger partial charge on any atom is -0.274 e. The van der Waals surface area contributed by atoms with Gasteiger partial charge in [-0.1, -0.05) is 73.6 Å². The third-order valence-corrected chi connectivity index (χ3v) is 4.19. The Morgan fingerprint density at radius 3 is 1.39 bits per heavy atom. The summed E-state index contributed by atoms with van der Waals surface area (Å²) in [6, 6.07) is 9.23. The van der Waals surface area contributed by atoms with E-state index in [2.05, 4.69) is 0 Å². The third kappa shape index (κ3) is 3.82. The van der Waals surface area contributed by atoms with Gasteiger partial charge in [0.25, 0.3) is 0 Å². The average molecular weight is 317 g/mol. The molecule has 2 unspecified atom stereocenters. The number of anilines is 1. The summed E-state index contributed by atoms with van der Waals surface area (Å²) in [7, 11) is 0. The molecule has 0 saturated carbocycles. The SMILES string of the molecule is CC.CC(C)(C)C1C(=O)N(c2ccccc2)C(=O)C1C(C)(C)C. The molecule has 0 radical (unpaired) electrons. The summed E-state index contributed by atoms with van der Waals surface area (Å²) in [6.45, 7) is 16.2. The van der Waals surface area contributed by atoms with Gasteiger partial charge in [-0.2, -0.15) is 0 Å². The molecule has 1 aliphatic rings. The number of hydrogen-bond donors (Lipinski definition) is 0. The zero-order valence-corrected chi connectivity index (χ0v) is 15.8. The second-order valence-electron chi connectivity index (χ2n) is 8.03. The molecule has 128 valence electrons. The topological polar surface area (TPSA) is 37.4 Å². The van der Waals surface area contributed by atoms with E-state index in [0.29, 0.717) is 5.69 Å². The predicted octanol–water partition coefficient (Wildman–Crippen LogP) is 4.91. The van der Waals surface area contributed by atoms with Crippen LogP contribution in [0.5, 0.6) is 0 Å². The normalized spacial score (nSPS) is 22.0. The maximum Gasteiger partial charge on any atom is 0.238 e. The molecule has 2 atom stereocenters. The van der Waals surface area contributed by atoms with Crippen LogP contribution >= 0.6 is 0 Å². The molecule has 0 aliphatic carbocycles. The maximum atomic E-state index is 12.9. The summed E-state index contributed by atoms with van der Waals surface area (Å²) >= 11 is 0. The number of carbonyl (C=O) groups excluding carboxylic acids is 2. The highest BCUT2D eigenvalue weighted by Crippen LogP contribution is 2.48. The Hall–Kier alpha value is -1.64. The Labute approximate surface area is 141 Å². The van der Waals surface area contributed by atoms with Crippen molar-refractivity contribution in [3.05, 3.63) is 30.3 Å². The largest absolute Gasteiger partial charge is 0.274 e. The van der Waals surface area contributed by atoms with Crippen molar-refractivity contribution in [1.82, 2.24) is 0 Å². The van der Waals surface area contributed by atoms with Crippen LogP contribution in [0.3, 0.4) is 0 Å². The summed E-state index contributed by atoms with van der Waals surface area (Å²) in [6.07, 6.45) is 0. The van der Waals surface area contributed by atoms with E-state index in [9.17, 15) is 9.59 Å². The van der Waals surface area contributed by atoms with Gasteiger partial charge in [0, 0.05) is 0 Å². The van der Waals surface area contributed by atoms with Crippen LogP contribution in [0.15, 0.2) is 30.3 Å². The van der Waals surface area contributed by atoms with Crippen LogP contribution in [0.2, 0.25) is 0 Å². The summed E-state index contributed by atoms with van der Waals surface area (Å²) in [5.74, 6) is -0.715. The van der Waals surface area contributed by atoms with Crippen molar-refractivity contribution in [1.29, 1.82) is 0 Å². The van der Waals surface area contributed by atoms with Crippen LogP contribution in [-0.4, -0.2) is 11.8 Å². The molecule has 1 saturated heterocycles. The summed E-state index contributed by atoms with van der Waals surface area (Å²) in [5, 5.41) is 0. The van der Waals surface area contributed by atoms with Gasteiger partial charge in [0.15, 0.2) is 0 Å². The molecule has 23 heavy (non-hydrogen) atoms. The number of rotatable bonds is 1. The van der Waals surface area contributed by atoms with Crippen LogP contribution in [0.25, 0.3) is 0 Å². The number of amides is 2. The zero-order chi connectivity index (χ0) is 18.0. The highest BCUT2D eigenvalue weighted by molar-refractivity contribution is 6.22. The minimum atomic E-state index is -0.287. The molecule has 1 heterocycles. The van der Waals surface area contributed by atoms with Crippen molar-refractivity contribution in [2.45, 2.75) is 55.4 Å². The third-order valence-electron chi connectivity index (χ3n) is 4.19. The van der Waals surface area contributed by atoms with Crippen LogP contribution in [0, 0.1) is 22.7 Å². The monoisotopic (exact) mass is 317 g/mol. The summed E-state index contributed by atoms with van der Waals surface area (Å²) < 4.78 is 0. The second-order valence-corrected chi connectivity index (χ2v) is 8.03. The first-order valence-corrected chi connectivity index (χ1v) is 8.48. The first-order chi connectivity index (χ1) is 10.5. The van der Waals surface area contributed by atoms with E-state index in [4.69, 9.17) is 0 Å². The molecule has 0 N–H and O–H groups in total. The first kappa shape index (κ1) is 19.4. The molecule has 2 rings (SSSR count). The molecule has 1 aromatic carbocycles. The first-order valence-electron chi connectivity index (χ1n) is 8.48. The van der Waals surface area contributed by atoms with Crippen LogP contribution in [0.1, 0.15) is 55.4 Å². The number of para-hydroxylation sites is 1. The van der Waals surface area contributed by atoms with Crippen molar-refractivity contribution in [2.24, 2.45) is 22.7 Å². The fraction of sp³-hybridized carbons (Fsp3) is 0.600. The van der Waals surface area contributed by atoms with Crippen LogP contribution in [0.4, 0.5) is 5.69 Å². The standard InChI is InChI=1S/C18H25NO2.C2H6/c1-17(2,3)13-14(18(4,5)6)16(21)19(15(13)20)12-10-8-7-9-11-12;1-2/h7-11,13-14H,1-6H3;1-2H3. The van der Waals surface area contributed by atoms with Gasteiger partial charge in [0.05, 0.1) is 17.5 Å². The fourth-order valence-corrected chi connectivity index (χ4v) is 3.24. The lowest BCUT2D eigenvalue weighted by Crippen LogP contribution is -2.38. The van der Waals surface area contributed by atoms with Gasteiger partial charge in [-0.05, 0) is 23.0 Å². The van der Waals surface area contributed by atoms with Crippen molar-refractivity contribution >= 4 is 17.5 Å². The van der Waals surface area contributed by atoms with Gasteiger partial charge in [-0.25, -0.2) is 0 Å². The molecule has 2 amide bonds. The zero-order valence-electron chi connectivity index (χ0n) is 15.8.